The average molecular weight is 455 g/mol. The number of benzene rings is 1. The molecule has 0 bridgehead atoms. The van der Waals surface area contributed by atoms with Gasteiger partial charge in [-0.25, -0.2) is 13.8 Å². The molecular formula is C24H23F2N3O4. The van der Waals surface area contributed by atoms with Crippen LogP contribution in [0.1, 0.15) is 42.0 Å². The first-order valence-corrected chi connectivity index (χ1v) is 10.5. The van der Waals surface area contributed by atoms with E-state index in [1.54, 1.807) is 19.1 Å². The van der Waals surface area contributed by atoms with E-state index in [2.05, 4.69) is 15.0 Å². The van der Waals surface area contributed by atoms with Gasteiger partial charge in [-0.05, 0) is 37.3 Å². The number of nitrogens with zero attached hydrogens (tertiary/aromatic N) is 3. The highest BCUT2D eigenvalue weighted by molar-refractivity contribution is 5.70. The molecule has 7 nitrogen and oxygen atoms in total. The van der Waals surface area contributed by atoms with Crippen molar-refractivity contribution in [1.82, 2.24) is 15.0 Å². The molecule has 9 heteroatoms. The molecule has 0 fully saturated rings. The number of carboxylic acid groups (broad SMARTS) is 1. The minimum atomic E-state index is -0.986. The first kappa shape index (κ1) is 22.6. The van der Waals surface area contributed by atoms with Gasteiger partial charge in [0.2, 0.25) is 5.88 Å². The van der Waals surface area contributed by atoms with E-state index in [0.717, 1.165) is 11.8 Å². The number of hydrogen-bond acceptors (Lipinski definition) is 6. The van der Waals surface area contributed by atoms with Crippen LogP contribution >= 0.6 is 0 Å². The Morgan fingerprint density at radius 1 is 1.30 bits per heavy atom. The number of pyridine rings is 1. The zero-order chi connectivity index (χ0) is 23.7. The molecule has 0 amide bonds. The summed E-state index contributed by atoms with van der Waals surface area (Å²) in [6, 6.07) is 4.85. The number of carbonyl (C=O) groups is 1. The van der Waals surface area contributed by atoms with Crippen molar-refractivity contribution in [3.05, 3.63) is 64.7 Å². The predicted molar refractivity (Wildman–Crippen MR) is 115 cm³/mol. The number of hydrogen-bond donors (Lipinski definition) is 1. The monoisotopic (exact) mass is 455 g/mol. The molecule has 1 aromatic carbocycles. The van der Waals surface area contributed by atoms with Crippen LogP contribution in [0, 0.1) is 24.5 Å². The summed E-state index contributed by atoms with van der Waals surface area (Å²) in [4.78, 5) is 23.9. The third-order valence-corrected chi connectivity index (χ3v) is 5.73. The third-order valence-electron chi connectivity index (χ3n) is 5.73. The number of aryl methyl sites for hydroxylation is 2. The van der Waals surface area contributed by atoms with E-state index in [9.17, 15) is 9.18 Å². The van der Waals surface area contributed by atoms with Crippen LogP contribution in [-0.4, -0.2) is 33.1 Å². The largest absolute Gasteiger partial charge is 0.481 e. The second-order valence-corrected chi connectivity index (χ2v) is 8.05. The van der Waals surface area contributed by atoms with Gasteiger partial charge in [-0.3, -0.25) is 14.8 Å². The van der Waals surface area contributed by atoms with E-state index in [1.165, 1.54) is 26.3 Å². The first-order valence-electron chi connectivity index (χ1n) is 10.5. The van der Waals surface area contributed by atoms with Gasteiger partial charge in [-0.2, -0.15) is 0 Å². The summed E-state index contributed by atoms with van der Waals surface area (Å²) in [7, 11) is 1.44. The fraction of sp³-hybridized carbons (Fsp3) is 0.333. The van der Waals surface area contributed by atoms with E-state index in [0.29, 0.717) is 35.5 Å². The number of ether oxygens (including phenoxy) is 2. The molecule has 0 saturated heterocycles. The van der Waals surface area contributed by atoms with Crippen molar-refractivity contribution in [2.45, 2.75) is 39.2 Å². The highest BCUT2D eigenvalue weighted by atomic mass is 19.1. The maximum atomic E-state index is 15.1. The van der Waals surface area contributed by atoms with Crippen molar-refractivity contribution in [1.29, 1.82) is 0 Å². The van der Waals surface area contributed by atoms with E-state index < -0.39 is 29.6 Å². The number of aliphatic carboxylic acids is 1. The predicted octanol–water partition coefficient (Wildman–Crippen LogP) is 4.46. The minimum Gasteiger partial charge on any atom is -0.481 e. The number of halogens is 2. The van der Waals surface area contributed by atoms with Crippen molar-refractivity contribution < 1.29 is 28.2 Å². The maximum Gasteiger partial charge on any atom is 0.306 e. The zero-order valence-corrected chi connectivity index (χ0v) is 18.4. The Kier molecular flexibility index (Phi) is 6.22. The SMILES string of the molecule is COc1cc(-c2ncc(C3CCc4ccc(CC(C)C(=O)O)c(F)c4O3)nc2C)c(F)cn1. The van der Waals surface area contributed by atoms with Gasteiger partial charge in [0.15, 0.2) is 17.4 Å². The quantitative estimate of drug-likeness (QED) is 0.586. The second-order valence-electron chi connectivity index (χ2n) is 8.05. The highest BCUT2D eigenvalue weighted by Crippen LogP contribution is 2.38. The Balaban J connectivity index is 1.61. The number of rotatable bonds is 6. The molecule has 0 aliphatic carbocycles. The molecule has 3 heterocycles. The van der Waals surface area contributed by atoms with Gasteiger partial charge in [0.1, 0.15) is 6.10 Å². The summed E-state index contributed by atoms with van der Waals surface area (Å²) in [6.45, 7) is 3.24. The van der Waals surface area contributed by atoms with Crippen LogP contribution in [0.4, 0.5) is 8.78 Å². The maximum absolute atomic E-state index is 15.1. The molecule has 0 spiro atoms. The summed E-state index contributed by atoms with van der Waals surface area (Å²) in [5, 5.41) is 9.14. The van der Waals surface area contributed by atoms with Crippen molar-refractivity contribution in [3.8, 4) is 22.9 Å². The first-order chi connectivity index (χ1) is 15.8. The molecule has 1 N–H and O–H groups in total. The molecule has 0 radical (unpaired) electrons. The smallest absolute Gasteiger partial charge is 0.306 e. The Bertz CT molecular complexity index is 1220. The molecule has 1 aliphatic heterocycles. The molecule has 172 valence electrons. The fourth-order valence-corrected chi connectivity index (χ4v) is 3.86. The van der Waals surface area contributed by atoms with Crippen LogP contribution in [0.25, 0.3) is 11.3 Å². The Hall–Kier alpha value is -3.62. The summed E-state index contributed by atoms with van der Waals surface area (Å²) < 4.78 is 40.5. The summed E-state index contributed by atoms with van der Waals surface area (Å²) in [6.07, 6.45) is 3.24. The zero-order valence-electron chi connectivity index (χ0n) is 18.4. The van der Waals surface area contributed by atoms with Crippen LogP contribution in [0.2, 0.25) is 0 Å². The van der Waals surface area contributed by atoms with Crippen molar-refractivity contribution in [2.24, 2.45) is 5.92 Å². The number of carboxylic acids is 1. The van der Waals surface area contributed by atoms with Gasteiger partial charge in [-0.1, -0.05) is 19.1 Å². The van der Waals surface area contributed by atoms with Gasteiger partial charge in [0, 0.05) is 11.6 Å². The van der Waals surface area contributed by atoms with Gasteiger partial charge in [0.25, 0.3) is 0 Å². The lowest BCUT2D eigenvalue weighted by Gasteiger charge is -2.27. The molecule has 1 aliphatic rings. The van der Waals surface area contributed by atoms with Gasteiger partial charge < -0.3 is 14.6 Å². The number of fused-ring (bicyclic) bond motifs is 1. The molecular weight excluding hydrogens is 432 g/mol. The normalized spacial score (nSPS) is 16.0. The average Bonchev–Trinajstić information content (AvgIpc) is 2.81. The summed E-state index contributed by atoms with van der Waals surface area (Å²) in [5.41, 5.74) is 2.58. The number of aromatic nitrogens is 3. The molecule has 0 saturated carbocycles. The summed E-state index contributed by atoms with van der Waals surface area (Å²) >= 11 is 0. The van der Waals surface area contributed by atoms with E-state index in [4.69, 9.17) is 14.6 Å². The second kappa shape index (κ2) is 9.09. The standard InChI is InChI=1S/C24H23F2N3O4/c1-12(24(30)31)8-15-5-4-14-6-7-19(33-23(14)21(15)26)18-11-28-22(13(2)29-18)16-9-20(32-3)27-10-17(16)25/h4-5,9-12,19H,6-8H2,1-3H3,(H,30,31). The Morgan fingerprint density at radius 2 is 2.09 bits per heavy atom. The van der Waals surface area contributed by atoms with Crippen molar-refractivity contribution >= 4 is 5.97 Å². The molecule has 2 atom stereocenters. The van der Waals surface area contributed by atoms with Gasteiger partial charge in [-0.15, -0.1) is 0 Å². The van der Waals surface area contributed by atoms with Gasteiger partial charge in [0.05, 0.1) is 42.5 Å². The van der Waals surface area contributed by atoms with Crippen LogP contribution in [0.15, 0.2) is 30.6 Å². The van der Waals surface area contributed by atoms with Crippen LogP contribution < -0.4 is 9.47 Å². The van der Waals surface area contributed by atoms with Crippen LogP contribution in [0.3, 0.4) is 0 Å². The Morgan fingerprint density at radius 3 is 2.79 bits per heavy atom. The molecule has 3 aromatic rings. The topological polar surface area (TPSA) is 94.4 Å². The Labute approximate surface area is 189 Å². The molecule has 4 rings (SSSR count). The lowest BCUT2D eigenvalue weighted by molar-refractivity contribution is -0.141. The third kappa shape index (κ3) is 4.48. The lowest BCUT2D eigenvalue weighted by Crippen LogP contribution is -2.19. The highest BCUT2D eigenvalue weighted by Gasteiger charge is 2.28. The minimum absolute atomic E-state index is 0.0665. The van der Waals surface area contributed by atoms with Crippen molar-refractivity contribution in [3.63, 3.8) is 0 Å². The molecule has 2 unspecified atom stereocenters. The van der Waals surface area contributed by atoms with Gasteiger partial charge >= 0.3 is 5.97 Å². The lowest BCUT2D eigenvalue weighted by atomic mass is 9.95. The van der Waals surface area contributed by atoms with E-state index in [1.807, 2.05) is 0 Å². The van der Waals surface area contributed by atoms with Crippen LogP contribution in [-0.2, 0) is 17.6 Å². The molecule has 33 heavy (non-hydrogen) atoms. The fourth-order valence-electron chi connectivity index (χ4n) is 3.86. The summed E-state index contributed by atoms with van der Waals surface area (Å²) in [5.74, 6) is -2.42. The van der Waals surface area contributed by atoms with E-state index >= 15 is 4.39 Å². The van der Waals surface area contributed by atoms with Crippen LogP contribution in [0.5, 0.6) is 11.6 Å². The molecule has 2 aromatic heterocycles. The number of methoxy groups -OCH3 is 1. The van der Waals surface area contributed by atoms with E-state index in [-0.39, 0.29) is 23.6 Å². The van der Waals surface area contributed by atoms with Crippen molar-refractivity contribution in [2.75, 3.05) is 7.11 Å².